The topological polar surface area (TPSA) is 55.4 Å². The molecule has 1 aliphatic rings. The summed E-state index contributed by atoms with van der Waals surface area (Å²) in [6.07, 6.45) is 1.03. The van der Waals surface area contributed by atoms with Crippen molar-refractivity contribution in [3.63, 3.8) is 0 Å². The fourth-order valence-corrected chi connectivity index (χ4v) is 5.64. The Kier molecular flexibility index (Phi) is 4.26. The van der Waals surface area contributed by atoms with Crippen molar-refractivity contribution in [1.29, 1.82) is 0 Å². The Labute approximate surface area is 183 Å². The van der Waals surface area contributed by atoms with Crippen molar-refractivity contribution < 1.29 is 0 Å². The molecule has 0 saturated carbocycles. The van der Waals surface area contributed by atoms with Crippen molar-refractivity contribution in [3.05, 3.63) is 98.2 Å². The number of thiophene rings is 1. The summed E-state index contributed by atoms with van der Waals surface area (Å²) >= 11 is 1.84. The van der Waals surface area contributed by atoms with Crippen LogP contribution in [-0.2, 0) is 20.0 Å². The maximum absolute atomic E-state index is 12.8. The summed E-state index contributed by atoms with van der Waals surface area (Å²) in [5.74, 6) is 1.42. The minimum atomic E-state index is -0.0508. The minimum Gasteiger partial charge on any atom is -0.284 e. The van der Waals surface area contributed by atoms with E-state index in [1.165, 1.54) is 16.0 Å². The lowest BCUT2D eigenvalue weighted by molar-refractivity contribution is 0.200. The molecule has 6 nitrogen and oxygen atoms in total. The molecule has 5 aromatic rings. The van der Waals surface area contributed by atoms with Crippen molar-refractivity contribution in [1.82, 2.24) is 24.1 Å². The summed E-state index contributed by atoms with van der Waals surface area (Å²) < 4.78 is 3.61. The Hall–Kier alpha value is -3.29. The van der Waals surface area contributed by atoms with Gasteiger partial charge in [0.2, 0.25) is 5.78 Å². The molecule has 0 bridgehead atoms. The first-order valence-corrected chi connectivity index (χ1v) is 11.3. The summed E-state index contributed by atoms with van der Waals surface area (Å²) in [5.41, 5.74) is 3.47. The first-order chi connectivity index (χ1) is 15.2. The van der Waals surface area contributed by atoms with Gasteiger partial charge in [-0.3, -0.25) is 18.7 Å². The summed E-state index contributed by atoms with van der Waals surface area (Å²) in [5, 5.41) is 11.8. The lowest BCUT2D eigenvalue weighted by atomic mass is 9.93. The van der Waals surface area contributed by atoms with E-state index in [2.05, 4.69) is 56.9 Å². The molecule has 1 aliphatic heterocycles. The molecule has 154 valence electrons. The molecular formula is C24H21N5OS. The second kappa shape index (κ2) is 7.14. The van der Waals surface area contributed by atoms with E-state index >= 15 is 0 Å². The van der Waals surface area contributed by atoms with E-state index in [1.807, 2.05) is 40.0 Å². The van der Waals surface area contributed by atoms with Gasteiger partial charge in [0.05, 0.1) is 23.5 Å². The van der Waals surface area contributed by atoms with Crippen molar-refractivity contribution in [2.45, 2.75) is 19.0 Å². The van der Waals surface area contributed by atoms with Crippen molar-refractivity contribution in [3.8, 4) is 0 Å². The molecule has 4 heterocycles. The van der Waals surface area contributed by atoms with Gasteiger partial charge in [0, 0.05) is 18.5 Å². The highest BCUT2D eigenvalue weighted by Crippen LogP contribution is 2.38. The van der Waals surface area contributed by atoms with Crippen LogP contribution in [0.4, 0.5) is 0 Å². The maximum Gasteiger partial charge on any atom is 0.262 e. The Bertz CT molecular complexity index is 1470. The Morgan fingerprint density at radius 3 is 2.71 bits per heavy atom. The lowest BCUT2D eigenvalue weighted by Crippen LogP contribution is -2.35. The Morgan fingerprint density at radius 2 is 1.84 bits per heavy atom. The van der Waals surface area contributed by atoms with Gasteiger partial charge < -0.3 is 0 Å². The zero-order valence-corrected chi connectivity index (χ0v) is 17.9. The number of benzene rings is 2. The van der Waals surface area contributed by atoms with Crippen LogP contribution in [0.2, 0.25) is 0 Å². The van der Waals surface area contributed by atoms with Crippen LogP contribution in [-0.4, -0.2) is 30.6 Å². The summed E-state index contributed by atoms with van der Waals surface area (Å²) in [7, 11) is 1.76. The fraction of sp³-hybridized carbons (Fsp3) is 0.208. The third-order valence-corrected chi connectivity index (χ3v) is 7.22. The van der Waals surface area contributed by atoms with Gasteiger partial charge in [-0.15, -0.1) is 21.5 Å². The van der Waals surface area contributed by atoms with Gasteiger partial charge in [-0.2, -0.15) is 0 Å². The first-order valence-electron chi connectivity index (χ1n) is 10.4. The molecule has 0 radical (unpaired) electrons. The molecule has 0 aliphatic carbocycles. The number of hydrogen-bond donors (Lipinski definition) is 0. The molecule has 2 aromatic carbocycles. The van der Waals surface area contributed by atoms with E-state index in [1.54, 1.807) is 11.6 Å². The number of hydrogen-bond acceptors (Lipinski definition) is 5. The van der Waals surface area contributed by atoms with Gasteiger partial charge in [0.15, 0.2) is 5.82 Å². The smallest absolute Gasteiger partial charge is 0.262 e. The predicted octanol–water partition coefficient (Wildman–Crippen LogP) is 3.79. The number of aryl methyl sites for hydroxylation is 1. The monoisotopic (exact) mass is 427 g/mol. The average molecular weight is 428 g/mol. The van der Waals surface area contributed by atoms with Gasteiger partial charge in [0.25, 0.3) is 5.56 Å². The molecule has 0 amide bonds. The van der Waals surface area contributed by atoms with Gasteiger partial charge in [0.1, 0.15) is 0 Å². The Morgan fingerprint density at radius 1 is 1.03 bits per heavy atom. The van der Waals surface area contributed by atoms with Crippen LogP contribution in [0.3, 0.4) is 0 Å². The van der Waals surface area contributed by atoms with Crippen molar-refractivity contribution >= 4 is 28.0 Å². The van der Waals surface area contributed by atoms with Crippen LogP contribution >= 0.6 is 11.3 Å². The second-order valence-electron chi connectivity index (χ2n) is 7.97. The van der Waals surface area contributed by atoms with Crippen LogP contribution in [0.15, 0.2) is 70.8 Å². The number of aromatic nitrogens is 4. The number of fused-ring (bicyclic) bond motifs is 4. The second-order valence-corrected chi connectivity index (χ2v) is 8.97. The highest BCUT2D eigenvalue weighted by atomic mass is 32.1. The molecule has 0 N–H and O–H groups in total. The van der Waals surface area contributed by atoms with E-state index in [9.17, 15) is 4.79 Å². The van der Waals surface area contributed by atoms with Gasteiger partial charge in [-0.1, -0.05) is 42.5 Å². The summed E-state index contributed by atoms with van der Waals surface area (Å²) in [4.78, 5) is 16.7. The molecule has 1 atom stereocenters. The molecule has 7 heteroatoms. The minimum absolute atomic E-state index is 0.0508. The predicted molar refractivity (Wildman–Crippen MR) is 122 cm³/mol. The van der Waals surface area contributed by atoms with Gasteiger partial charge in [-0.05, 0) is 41.1 Å². The van der Waals surface area contributed by atoms with E-state index in [-0.39, 0.29) is 11.6 Å². The molecule has 0 spiro atoms. The highest BCUT2D eigenvalue weighted by Gasteiger charge is 2.30. The highest BCUT2D eigenvalue weighted by molar-refractivity contribution is 7.10. The Balaban J connectivity index is 1.50. The van der Waals surface area contributed by atoms with Crippen LogP contribution in [0.5, 0.6) is 0 Å². The van der Waals surface area contributed by atoms with Gasteiger partial charge >= 0.3 is 0 Å². The number of nitrogens with zero attached hydrogens (tertiary/aromatic N) is 5. The quantitative estimate of drug-likeness (QED) is 0.440. The van der Waals surface area contributed by atoms with Gasteiger partial charge in [-0.25, -0.2) is 0 Å². The first kappa shape index (κ1) is 18.5. The van der Waals surface area contributed by atoms with Crippen LogP contribution in [0.1, 0.15) is 27.9 Å². The van der Waals surface area contributed by atoms with E-state index in [4.69, 9.17) is 0 Å². The molecule has 0 fully saturated rings. The average Bonchev–Trinajstić information content (AvgIpc) is 3.45. The van der Waals surface area contributed by atoms with Crippen molar-refractivity contribution in [2.75, 3.05) is 6.54 Å². The lowest BCUT2D eigenvalue weighted by Gasteiger charge is -2.35. The molecule has 6 rings (SSSR count). The van der Waals surface area contributed by atoms with E-state index in [0.29, 0.717) is 17.7 Å². The fourth-order valence-electron chi connectivity index (χ4n) is 4.74. The third kappa shape index (κ3) is 2.85. The zero-order valence-electron chi connectivity index (χ0n) is 17.1. The van der Waals surface area contributed by atoms with E-state index < -0.39 is 0 Å². The third-order valence-electron chi connectivity index (χ3n) is 6.22. The largest absolute Gasteiger partial charge is 0.284 e. The molecular weight excluding hydrogens is 406 g/mol. The molecule has 1 unspecified atom stereocenters. The molecule has 3 aromatic heterocycles. The van der Waals surface area contributed by atoms with E-state index in [0.717, 1.165) is 24.3 Å². The number of para-hydroxylation sites is 1. The van der Waals surface area contributed by atoms with Crippen LogP contribution < -0.4 is 5.56 Å². The maximum atomic E-state index is 12.8. The summed E-state index contributed by atoms with van der Waals surface area (Å²) in [6, 6.07) is 20.8. The van der Waals surface area contributed by atoms with Crippen molar-refractivity contribution in [2.24, 2.45) is 7.05 Å². The zero-order chi connectivity index (χ0) is 20.9. The standard InChI is InChI=1S/C24H21N5OS/c1-27-23(30)17-9-5-6-10-19(17)29-21(25-26-24(27)29)15-28-13-11-20-18(12-14-31-20)22(28)16-7-3-2-4-8-16/h2-10,12,14,22H,11,13,15H2,1H3. The molecule has 0 saturated heterocycles. The normalized spacial score (nSPS) is 16.7. The van der Waals surface area contributed by atoms with Crippen LogP contribution in [0.25, 0.3) is 16.7 Å². The summed E-state index contributed by atoms with van der Waals surface area (Å²) in [6.45, 7) is 1.60. The molecule has 31 heavy (non-hydrogen) atoms. The van der Waals surface area contributed by atoms with Crippen LogP contribution in [0, 0.1) is 0 Å². The number of rotatable bonds is 3. The SMILES string of the molecule is Cn1c(=O)c2ccccc2n2c(CN3CCc4sccc4C3c3ccccc3)nnc12.